The van der Waals surface area contributed by atoms with Crippen LogP contribution in [0.3, 0.4) is 0 Å². The first-order chi connectivity index (χ1) is 16.9. The molecule has 5 aliphatic rings. The molecule has 0 spiro atoms. The summed E-state index contributed by atoms with van der Waals surface area (Å²) in [5, 5.41) is 0. The van der Waals surface area contributed by atoms with Gasteiger partial charge in [0.15, 0.2) is 0 Å². The fourth-order valence-electron chi connectivity index (χ4n) is 5.85. The smallest absolute Gasteiger partial charge is 0.132 e. The van der Waals surface area contributed by atoms with Crippen molar-refractivity contribution in [2.75, 3.05) is 13.1 Å². The molecule has 2 aromatic carbocycles. The third-order valence-electron chi connectivity index (χ3n) is 7.22. The van der Waals surface area contributed by atoms with E-state index in [9.17, 15) is 0 Å². The van der Waals surface area contributed by atoms with Crippen LogP contribution >= 0.6 is 0 Å². The van der Waals surface area contributed by atoms with Crippen LogP contribution in [0, 0.1) is 0 Å². The molecule has 34 heavy (non-hydrogen) atoms. The summed E-state index contributed by atoms with van der Waals surface area (Å²) in [4.78, 5) is 4.67. The lowest BCUT2D eigenvalue weighted by atomic mass is 9.60. The van der Waals surface area contributed by atoms with Gasteiger partial charge in [-0.3, -0.25) is 0 Å². The first-order valence-electron chi connectivity index (χ1n) is 11.8. The first kappa shape index (κ1) is 19.2. The molecule has 5 heterocycles. The van der Waals surface area contributed by atoms with Gasteiger partial charge >= 0.3 is 0 Å². The van der Waals surface area contributed by atoms with Crippen LogP contribution in [0.4, 0.5) is 0 Å². The number of fused-ring (bicyclic) bond motifs is 4. The lowest BCUT2D eigenvalue weighted by Gasteiger charge is -2.47. The van der Waals surface area contributed by atoms with Gasteiger partial charge < -0.3 is 14.5 Å². The van der Waals surface area contributed by atoms with E-state index in [1.807, 2.05) is 0 Å². The summed E-state index contributed by atoms with van der Waals surface area (Å²) in [7, 11) is 0. The average molecular weight is 441 g/mol. The summed E-state index contributed by atoms with van der Waals surface area (Å²) in [5.41, 5.74) is 6.78. The minimum Gasteiger partial charge on any atom is -0.457 e. The molecule has 7 rings (SSSR count). The van der Waals surface area contributed by atoms with Crippen LogP contribution in [0.15, 0.2) is 144 Å². The molecule has 5 aliphatic heterocycles. The normalized spacial score (nSPS) is 20.7. The Morgan fingerprint density at radius 1 is 0.588 bits per heavy atom. The molecule has 3 nitrogen and oxygen atoms in total. The number of rotatable bonds is 2. The van der Waals surface area contributed by atoms with Crippen LogP contribution in [-0.2, 0) is 5.41 Å². The molecule has 0 fully saturated rings. The summed E-state index contributed by atoms with van der Waals surface area (Å²) in [6.45, 7) is 1.73. The largest absolute Gasteiger partial charge is 0.457 e. The van der Waals surface area contributed by atoms with Crippen LogP contribution in [0.2, 0.25) is 0 Å². The van der Waals surface area contributed by atoms with Crippen molar-refractivity contribution in [3.05, 3.63) is 155 Å². The molecule has 0 amide bonds. The van der Waals surface area contributed by atoms with Crippen LogP contribution in [0.5, 0.6) is 11.5 Å². The van der Waals surface area contributed by atoms with Gasteiger partial charge in [-0.25, -0.2) is 0 Å². The van der Waals surface area contributed by atoms with E-state index in [-0.39, 0.29) is 0 Å². The highest BCUT2D eigenvalue weighted by Gasteiger charge is 2.50. The minimum atomic E-state index is -0.536. The van der Waals surface area contributed by atoms with E-state index in [1.165, 1.54) is 33.7 Å². The lowest BCUT2D eigenvalue weighted by Crippen LogP contribution is -2.41. The van der Waals surface area contributed by atoms with E-state index < -0.39 is 5.41 Å². The van der Waals surface area contributed by atoms with E-state index in [4.69, 9.17) is 4.74 Å². The van der Waals surface area contributed by atoms with Gasteiger partial charge in [-0.1, -0.05) is 72.9 Å². The average Bonchev–Trinajstić information content (AvgIpc) is 2.91. The summed E-state index contributed by atoms with van der Waals surface area (Å²) < 4.78 is 6.50. The fourth-order valence-corrected chi connectivity index (χ4v) is 5.85. The number of ether oxygens (including phenoxy) is 1. The van der Waals surface area contributed by atoms with Crippen LogP contribution < -0.4 is 4.74 Å². The molecular formula is C31H24N2O. The second-order valence-corrected chi connectivity index (χ2v) is 8.95. The van der Waals surface area contributed by atoms with Gasteiger partial charge in [0.05, 0.1) is 5.41 Å². The molecule has 3 heteroatoms. The number of hydrogen-bond acceptors (Lipinski definition) is 3. The van der Waals surface area contributed by atoms with Crippen LogP contribution in [0.1, 0.15) is 11.1 Å². The molecule has 0 saturated carbocycles. The van der Waals surface area contributed by atoms with Crippen molar-refractivity contribution in [3.63, 3.8) is 0 Å². The number of para-hydroxylation sites is 2. The zero-order valence-corrected chi connectivity index (χ0v) is 18.8. The van der Waals surface area contributed by atoms with Gasteiger partial charge in [0.2, 0.25) is 0 Å². The molecule has 0 saturated heterocycles. The number of hydrogen-bond donors (Lipinski definition) is 0. The highest BCUT2D eigenvalue weighted by molar-refractivity contribution is 5.74. The molecule has 0 bridgehead atoms. The lowest BCUT2D eigenvalue weighted by molar-refractivity contribution is 0.420. The molecular weight excluding hydrogens is 416 g/mol. The molecule has 0 radical (unpaired) electrons. The maximum Gasteiger partial charge on any atom is 0.132 e. The van der Waals surface area contributed by atoms with Crippen molar-refractivity contribution in [2.24, 2.45) is 0 Å². The Labute approximate surface area is 200 Å². The quantitative estimate of drug-likeness (QED) is 0.530. The Morgan fingerprint density at radius 3 is 1.62 bits per heavy atom. The Hall–Kier alpha value is -4.24. The summed E-state index contributed by atoms with van der Waals surface area (Å²) in [5.74, 6) is 1.81. The predicted octanol–water partition coefficient (Wildman–Crippen LogP) is 6.50. The van der Waals surface area contributed by atoms with E-state index in [2.05, 4.69) is 131 Å². The van der Waals surface area contributed by atoms with Gasteiger partial charge in [-0.2, -0.15) is 0 Å². The zero-order valence-electron chi connectivity index (χ0n) is 18.8. The Balaban J connectivity index is 1.67. The van der Waals surface area contributed by atoms with Crippen molar-refractivity contribution in [1.82, 2.24) is 9.80 Å². The van der Waals surface area contributed by atoms with Gasteiger partial charge in [0, 0.05) is 48.0 Å². The zero-order chi connectivity index (χ0) is 22.5. The summed E-state index contributed by atoms with van der Waals surface area (Å²) in [6, 6.07) is 17.0. The van der Waals surface area contributed by atoms with Crippen molar-refractivity contribution < 1.29 is 4.74 Å². The number of allylic oxidation sites excluding steroid dienone is 10. The van der Waals surface area contributed by atoms with E-state index in [0.29, 0.717) is 0 Å². The van der Waals surface area contributed by atoms with Crippen molar-refractivity contribution in [2.45, 2.75) is 5.41 Å². The third kappa shape index (κ3) is 2.58. The topological polar surface area (TPSA) is 15.7 Å². The van der Waals surface area contributed by atoms with Crippen LogP contribution in [0.25, 0.3) is 0 Å². The van der Waals surface area contributed by atoms with Crippen LogP contribution in [-0.4, -0.2) is 22.9 Å². The van der Waals surface area contributed by atoms with Gasteiger partial charge in [-0.05, 0) is 47.6 Å². The van der Waals surface area contributed by atoms with E-state index in [1.54, 1.807) is 0 Å². The molecule has 0 aromatic heterocycles. The van der Waals surface area contributed by atoms with Crippen molar-refractivity contribution >= 4 is 0 Å². The van der Waals surface area contributed by atoms with Crippen molar-refractivity contribution in [3.8, 4) is 11.5 Å². The van der Waals surface area contributed by atoms with Gasteiger partial charge in [0.1, 0.15) is 11.5 Å². The molecule has 0 N–H and O–H groups in total. The number of benzene rings is 2. The maximum atomic E-state index is 6.50. The predicted molar refractivity (Wildman–Crippen MR) is 136 cm³/mol. The van der Waals surface area contributed by atoms with Gasteiger partial charge in [-0.15, -0.1) is 0 Å². The highest BCUT2D eigenvalue weighted by atomic mass is 16.5. The molecule has 164 valence electrons. The van der Waals surface area contributed by atoms with Crippen molar-refractivity contribution in [1.29, 1.82) is 0 Å². The molecule has 0 unspecified atom stereocenters. The number of nitrogens with zero attached hydrogens (tertiary/aromatic N) is 2. The second-order valence-electron chi connectivity index (χ2n) is 8.95. The molecule has 0 aliphatic carbocycles. The molecule has 0 atom stereocenters. The Morgan fingerprint density at radius 2 is 1.09 bits per heavy atom. The fraction of sp³-hybridized carbons (Fsp3) is 0.0968. The minimum absolute atomic E-state index is 0.536. The standard InChI is InChI=1S/C31H24N2O/c1-3-17-29-25(11-1)31(26-12-2-4-18-30(26)34-29,23-13-9-21-32-19-7-5-15-27(23)32)24-14-10-22-33-20-8-6-16-28(24)33/h1-20H,21-22H2. The van der Waals surface area contributed by atoms with E-state index >= 15 is 0 Å². The first-order valence-corrected chi connectivity index (χ1v) is 11.8. The monoisotopic (exact) mass is 440 g/mol. The maximum absolute atomic E-state index is 6.50. The highest BCUT2D eigenvalue weighted by Crippen LogP contribution is 2.58. The Bertz CT molecular complexity index is 1330. The van der Waals surface area contributed by atoms with E-state index in [0.717, 1.165) is 24.6 Å². The molecule has 2 aromatic rings. The van der Waals surface area contributed by atoms with Gasteiger partial charge in [0.25, 0.3) is 0 Å². The summed E-state index contributed by atoms with van der Waals surface area (Å²) >= 11 is 0. The third-order valence-corrected chi connectivity index (χ3v) is 7.22. The second kappa shape index (κ2) is 7.39. The summed E-state index contributed by atoms with van der Waals surface area (Å²) in [6.07, 6.45) is 26.5. The Kier molecular flexibility index (Phi) is 4.18. The SMILES string of the molecule is C1=CC2=C(C3(C4=C5C=CC=CN5CC=C4)c4ccccc4Oc4ccccc43)C=CCN2C=C1.